The molecule has 0 atom stereocenters. The largest absolute Gasteiger partial charge is 0.496 e. The Bertz CT molecular complexity index is 1840. The van der Waals surface area contributed by atoms with Crippen molar-refractivity contribution in [3.63, 3.8) is 0 Å². The fourth-order valence-electron chi connectivity index (χ4n) is 4.18. The maximum Gasteiger partial charge on any atom is 0.292 e. The van der Waals surface area contributed by atoms with E-state index in [2.05, 4.69) is 46.1 Å². The van der Waals surface area contributed by atoms with Crippen LogP contribution in [0, 0.1) is 0 Å². The molecule has 14 nitrogen and oxygen atoms in total. The quantitative estimate of drug-likeness (QED) is 0.217. The van der Waals surface area contributed by atoms with Gasteiger partial charge in [-0.1, -0.05) is 52.9 Å². The molecule has 3 N–H and O–H groups in total. The molecule has 0 aliphatic rings. The number of carbonyl (C=O) groups excluding carboxylic acids is 1. The number of hydrogen-bond acceptors (Lipinski definition) is 11. The summed E-state index contributed by atoms with van der Waals surface area (Å²) >= 11 is 0. The van der Waals surface area contributed by atoms with Crippen LogP contribution in [0.25, 0.3) is 28.1 Å². The number of hydrogen-bond donors (Lipinski definition) is 2. The van der Waals surface area contributed by atoms with Crippen LogP contribution >= 0.6 is 0 Å². The second-order valence-electron chi connectivity index (χ2n) is 8.54. The summed E-state index contributed by atoms with van der Waals surface area (Å²) in [7, 11) is 1.60. The third-order valence-corrected chi connectivity index (χ3v) is 6.05. The third kappa shape index (κ3) is 4.60. The van der Waals surface area contributed by atoms with E-state index in [1.54, 1.807) is 23.9 Å². The van der Waals surface area contributed by atoms with Crippen molar-refractivity contribution in [2.45, 2.75) is 6.54 Å². The van der Waals surface area contributed by atoms with Gasteiger partial charge in [0.05, 0.1) is 25.4 Å². The van der Waals surface area contributed by atoms with Crippen LogP contribution in [0.4, 0.5) is 5.82 Å². The van der Waals surface area contributed by atoms with Crippen LogP contribution in [0.15, 0.2) is 82.5 Å². The number of nitrogen functional groups attached to an aromatic ring is 1. The first-order valence-electron chi connectivity index (χ1n) is 12.0. The topological polar surface area (TPSA) is 177 Å². The molecular weight excluding hydrogens is 514 g/mol. The van der Waals surface area contributed by atoms with Gasteiger partial charge in [-0.05, 0) is 46.2 Å². The average molecular weight is 536 g/mol. The highest BCUT2D eigenvalue weighted by Gasteiger charge is 2.25. The van der Waals surface area contributed by atoms with E-state index in [-0.39, 0.29) is 17.3 Å². The number of benzene rings is 3. The van der Waals surface area contributed by atoms with Crippen molar-refractivity contribution in [3.8, 4) is 22.8 Å². The van der Waals surface area contributed by atoms with Gasteiger partial charge >= 0.3 is 0 Å². The Labute approximate surface area is 226 Å². The first kappa shape index (κ1) is 24.4. The summed E-state index contributed by atoms with van der Waals surface area (Å²) in [4.78, 5) is 13.3. The molecule has 6 aromatic rings. The highest BCUT2D eigenvalue weighted by molar-refractivity contribution is 5.99. The lowest BCUT2D eigenvalue weighted by atomic mass is 10.1. The van der Waals surface area contributed by atoms with E-state index in [4.69, 9.17) is 10.5 Å². The molecule has 0 radical (unpaired) electrons. The minimum absolute atomic E-state index is 0.0317. The molecule has 198 valence electrons. The van der Waals surface area contributed by atoms with E-state index in [0.29, 0.717) is 23.6 Å². The number of carbonyl (C=O) groups is 1. The number of methoxy groups -OCH3 is 1. The van der Waals surface area contributed by atoms with Crippen molar-refractivity contribution in [2.75, 3.05) is 12.8 Å². The number of anilines is 1. The number of nitrogens with one attached hydrogen (secondary N) is 1. The number of nitrogens with two attached hydrogens (primary N) is 1. The molecule has 0 aliphatic carbocycles. The van der Waals surface area contributed by atoms with Crippen molar-refractivity contribution >= 4 is 29.0 Å². The molecule has 0 saturated carbocycles. The van der Waals surface area contributed by atoms with Crippen molar-refractivity contribution in [3.05, 3.63) is 89.6 Å². The molecule has 40 heavy (non-hydrogen) atoms. The summed E-state index contributed by atoms with van der Waals surface area (Å²) in [6.45, 7) is 0.427. The number of nitrogens with zero attached hydrogens (tertiary/aromatic N) is 9. The van der Waals surface area contributed by atoms with Gasteiger partial charge in [-0.25, -0.2) is 14.7 Å². The summed E-state index contributed by atoms with van der Waals surface area (Å²) in [5, 5.41) is 28.2. The number of rotatable bonds is 8. The number of para-hydroxylation sites is 1. The third-order valence-electron chi connectivity index (χ3n) is 6.05. The fraction of sp³-hybridized carbons (Fsp3) is 0.0769. The van der Waals surface area contributed by atoms with Gasteiger partial charge in [0, 0.05) is 11.1 Å². The van der Waals surface area contributed by atoms with Gasteiger partial charge in [-0.15, -0.1) is 10.2 Å². The van der Waals surface area contributed by atoms with E-state index in [9.17, 15) is 4.79 Å². The first-order chi connectivity index (χ1) is 19.6. The van der Waals surface area contributed by atoms with Crippen LogP contribution in [0.1, 0.15) is 21.6 Å². The van der Waals surface area contributed by atoms with Gasteiger partial charge in [-0.3, -0.25) is 4.79 Å². The molecule has 3 heterocycles. The number of hydrazone groups is 1. The molecule has 0 aliphatic heterocycles. The summed E-state index contributed by atoms with van der Waals surface area (Å²) in [6, 6.07) is 22.3. The minimum Gasteiger partial charge on any atom is -0.496 e. The number of aromatic nitrogens is 8. The van der Waals surface area contributed by atoms with Gasteiger partial charge in [0.15, 0.2) is 5.69 Å². The van der Waals surface area contributed by atoms with Crippen LogP contribution in [0.5, 0.6) is 5.75 Å². The maximum atomic E-state index is 13.3. The zero-order valence-electron chi connectivity index (χ0n) is 21.0. The first-order valence-corrected chi connectivity index (χ1v) is 12.0. The second-order valence-corrected chi connectivity index (χ2v) is 8.54. The summed E-state index contributed by atoms with van der Waals surface area (Å²) in [5.74, 6) is 0.0737. The Balaban J connectivity index is 1.27. The molecule has 14 heteroatoms. The molecule has 0 bridgehead atoms. The highest BCUT2D eigenvalue weighted by Crippen LogP contribution is 2.25. The van der Waals surface area contributed by atoms with Crippen LogP contribution in [0.2, 0.25) is 0 Å². The molecule has 0 fully saturated rings. The Kier molecular flexibility index (Phi) is 6.38. The van der Waals surface area contributed by atoms with Gasteiger partial charge in [0.25, 0.3) is 5.91 Å². The fourth-order valence-corrected chi connectivity index (χ4v) is 4.18. The van der Waals surface area contributed by atoms with Gasteiger partial charge in [-0.2, -0.15) is 9.78 Å². The zero-order valence-corrected chi connectivity index (χ0v) is 21.0. The number of fused-ring (bicyclic) bond motifs is 1. The Hall–Kier alpha value is -5.92. The van der Waals surface area contributed by atoms with E-state index < -0.39 is 5.91 Å². The SMILES string of the molecule is COc1ccc(/C=N/NC(=O)c2c(-c3ccccc3)nnn2-c2nonc2N)cc1Cn1nnc2ccccc21. The highest BCUT2D eigenvalue weighted by atomic mass is 16.6. The van der Waals surface area contributed by atoms with Crippen molar-refractivity contribution in [1.29, 1.82) is 0 Å². The summed E-state index contributed by atoms with van der Waals surface area (Å²) < 4.78 is 13.2. The summed E-state index contributed by atoms with van der Waals surface area (Å²) in [5.41, 5.74) is 12.7. The van der Waals surface area contributed by atoms with Crippen molar-refractivity contribution in [2.24, 2.45) is 5.10 Å². The van der Waals surface area contributed by atoms with Crippen LogP contribution in [-0.4, -0.2) is 59.5 Å². The van der Waals surface area contributed by atoms with Crippen LogP contribution in [0.3, 0.4) is 0 Å². The monoisotopic (exact) mass is 535 g/mol. The predicted octanol–water partition coefficient (Wildman–Crippen LogP) is 2.46. The molecule has 0 spiro atoms. The lowest BCUT2D eigenvalue weighted by molar-refractivity contribution is 0.0947. The summed E-state index contributed by atoms with van der Waals surface area (Å²) in [6.07, 6.45) is 1.52. The molecule has 0 unspecified atom stereocenters. The predicted molar refractivity (Wildman–Crippen MR) is 144 cm³/mol. The molecule has 3 aromatic carbocycles. The molecule has 3 aromatic heterocycles. The minimum atomic E-state index is -0.592. The Morgan fingerprint density at radius 3 is 2.67 bits per heavy atom. The van der Waals surface area contributed by atoms with Gasteiger partial charge < -0.3 is 10.5 Å². The average Bonchev–Trinajstić information content (AvgIpc) is 3.72. The van der Waals surface area contributed by atoms with E-state index in [0.717, 1.165) is 26.8 Å². The lowest BCUT2D eigenvalue weighted by Crippen LogP contribution is -2.22. The molecule has 6 rings (SSSR count). The Morgan fingerprint density at radius 2 is 1.88 bits per heavy atom. The Morgan fingerprint density at radius 1 is 1.05 bits per heavy atom. The van der Waals surface area contributed by atoms with Gasteiger partial charge in [0.2, 0.25) is 11.6 Å². The second kappa shape index (κ2) is 10.4. The van der Waals surface area contributed by atoms with Gasteiger partial charge in [0.1, 0.15) is 17.0 Å². The normalized spacial score (nSPS) is 11.3. The van der Waals surface area contributed by atoms with Crippen molar-refractivity contribution in [1.82, 2.24) is 45.7 Å². The number of amides is 1. The van der Waals surface area contributed by atoms with E-state index in [1.807, 2.05) is 60.7 Å². The van der Waals surface area contributed by atoms with E-state index in [1.165, 1.54) is 6.21 Å². The molecule has 1 amide bonds. The number of ether oxygens (including phenoxy) is 1. The van der Waals surface area contributed by atoms with Crippen LogP contribution in [-0.2, 0) is 6.54 Å². The smallest absolute Gasteiger partial charge is 0.292 e. The lowest BCUT2D eigenvalue weighted by Gasteiger charge is -2.10. The molecular formula is C26H21N11O3. The van der Waals surface area contributed by atoms with E-state index >= 15 is 0 Å². The van der Waals surface area contributed by atoms with Crippen LogP contribution < -0.4 is 15.9 Å². The zero-order chi connectivity index (χ0) is 27.5. The maximum absolute atomic E-state index is 13.3. The standard InChI is InChI=1S/C26H21N11O3/c1-39-21-12-11-16(13-18(21)15-36-20-10-6-5-9-19(20)29-34-36)14-28-31-26(38)23-22(17-7-3-2-4-8-17)30-35-37(23)25-24(27)32-40-33-25/h2-14H,15H2,1H3,(H2,27,32)(H,31,38)/b28-14+. The molecule has 0 saturated heterocycles. The van der Waals surface area contributed by atoms with Crippen molar-refractivity contribution < 1.29 is 14.2 Å².